The van der Waals surface area contributed by atoms with Gasteiger partial charge in [-0.05, 0) is 25.5 Å². The number of hydrogen-bond donors (Lipinski definition) is 1. The van der Waals surface area contributed by atoms with Crippen LogP contribution in [0.4, 0.5) is 5.69 Å². The summed E-state index contributed by atoms with van der Waals surface area (Å²) >= 11 is 0. The summed E-state index contributed by atoms with van der Waals surface area (Å²) in [7, 11) is 1.99. The molecule has 3 rings (SSSR count). The maximum absolute atomic E-state index is 4.47. The first-order chi connectivity index (χ1) is 9.74. The van der Waals surface area contributed by atoms with E-state index in [2.05, 4.69) is 58.8 Å². The lowest BCUT2D eigenvalue weighted by Gasteiger charge is -2.26. The van der Waals surface area contributed by atoms with Crippen LogP contribution in [0, 0.1) is 6.92 Å². The minimum atomic E-state index is 0.387. The predicted octanol–water partition coefficient (Wildman–Crippen LogP) is 2.27. The van der Waals surface area contributed by atoms with Crippen molar-refractivity contribution in [1.82, 2.24) is 15.1 Å². The van der Waals surface area contributed by atoms with Gasteiger partial charge < -0.3 is 10.2 Å². The molecule has 2 aromatic rings. The summed E-state index contributed by atoms with van der Waals surface area (Å²) in [4.78, 5) is 2.46. The number of hydrogen-bond acceptors (Lipinski definition) is 3. The van der Waals surface area contributed by atoms with Crippen LogP contribution in [0.1, 0.15) is 23.7 Å². The number of anilines is 1. The van der Waals surface area contributed by atoms with Crippen LogP contribution in [0.2, 0.25) is 0 Å². The van der Waals surface area contributed by atoms with Gasteiger partial charge in [-0.15, -0.1) is 0 Å². The van der Waals surface area contributed by atoms with Crippen LogP contribution in [-0.4, -0.2) is 29.4 Å². The molecule has 0 aliphatic carbocycles. The average Bonchev–Trinajstić information content (AvgIpc) is 2.68. The van der Waals surface area contributed by atoms with Gasteiger partial charge in [0, 0.05) is 32.4 Å². The first-order valence-corrected chi connectivity index (χ1v) is 7.27. The molecule has 2 heterocycles. The lowest BCUT2D eigenvalue weighted by Crippen LogP contribution is -2.31. The molecule has 0 amide bonds. The van der Waals surface area contributed by atoms with E-state index in [9.17, 15) is 0 Å². The molecule has 0 radical (unpaired) electrons. The van der Waals surface area contributed by atoms with Crippen molar-refractivity contribution in [3.63, 3.8) is 0 Å². The highest BCUT2D eigenvalue weighted by atomic mass is 15.3. The number of benzene rings is 1. The Balaban J connectivity index is 1.84. The van der Waals surface area contributed by atoms with Gasteiger partial charge in [0.25, 0.3) is 0 Å². The van der Waals surface area contributed by atoms with Crippen LogP contribution < -0.4 is 10.2 Å². The van der Waals surface area contributed by atoms with Crippen LogP contribution in [0.15, 0.2) is 36.5 Å². The van der Waals surface area contributed by atoms with E-state index in [0.29, 0.717) is 6.04 Å². The zero-order chi connectivity index (χ0) is 13.9. The van der Waals surface area contributed by atoms with Crippen LogP contribution in [0.25, 0.3) is 0 Å². The Kier molecular flexibility index (Phi) is 3.74. The number of nitrogens with zero attached hydrogens (tertiary/aromatic N) is 3. The van der Waals surface area contributed by atoms with Crippen LogP contribution in [0.5, 0.6) is 0 Å². The Morgan fingerprint density at radius 1 is 1.25 bits per heavy atom. The highest BCUT2D eigenvalue weighted by Gasteiger charge is 2.21. The predicted molar refractivity (Wildman–Crippen MR) is 82.0 cm³/mol. The summed E-state index contributed by atoms with van der Waals surface area (Å²) in [5.41, 5.74) is 3.74. The second-order valence-corrected chi connectivity index (χ2v) is 5.49. The number of rotatable bonds is 2. The fourth-order valence-corrected chi connectivity index (χ4v) is 2.95. The number of aryl methyl sites for hydroxylation is 2. The molecule has 4 heteroatoms. The van der Waals surface area contributed by atoms with Crippen molar-refractivity contribution in [2.24, 2.45) is 7.05 Å². The molecule has 1 aliphatic rings. The Morgan fingerprint density at radius 3 is 2.75 bits per heavy atom. The third-order valence-corrected chi connectivity index (χ3v) is 3.93. The smallest absolute Gasteiger partial charge is 0.0827 e. The summed E-state index contributed by atoms with van der Waals surface area (Å²) in [6.45, 7) is 5.24. The molecule has 106 valence electrons. The second kappa shape index (κ2) is 5.67. The average molecular weight is 270 g/mol. The van der Waals surface area contributed by atoms with Crippen molar-refractivity contribution >= 4 is 5.69 Å². The van der Waals surface area contributed by atoms with E-state index in [-0.39, 0.29) is 0 Å². The minimum absolute atomic E-state index is 0.387. The van der Waals surface area contributed by atoms with E-state index in [1.807, 2.05) is 11.7 Å². The highest BCUT2D eigenvalue weighted by Crippen LogP contribution is 2.24. The number of nitrogens with one attached hydrogen (secondary N) is 1. The van der Waals surface area contributed by atoms with E-state index in [1.165, 1.54) is 11.3 Å². The van der Waals surface area contributed by atoms with Gasteiger partial charge in [-0.1, -0.05) is 30.3 Å². The van der Waals surface area contributed by atoms with Crippen molar-refractivity contribution in [2.45, 2.75) is 19.4 Å². The molecule has 20 heavy (non-hydrogen) atoms. The van der Waals surface area contributed by atoms with Gasteiger partial charge in [0.1, 0.15) is 0 Å². The van der Waals surface area contributed by atoms with Gasteiger partial charge in [0.2, 0.25) is 0 Å². The van der Waals surface area contributed by atoms with Crippen molar-refractivity contribution in [3.8, 4) is 0 Å². The van der Waals surface area contributed by atoms with Crippen molar-refractivity contribution in [1.29, 1.82) is 0 Å². The maximum Gasteiger partial charge on any atom is 0.0827 e. The molecule has 1 atom stereocenters. The standard InChI is InChI=1S/C16H22N4/c1-13-16(12-19(2)18-13)20-10-6-9-17-15(11-20)14-7-4-3-5-8-14/h3-5,7-8,12,15,17H,6,9-11H2,1-2H3. The molecule has 1 unspecified atom stereocenters. The molecule has 0 spiro atoms. The SMILES string of the molecule is Cc1nn(C)cc1N1CCCNC(c2ccccc2)C1. The van der Waals surface area contributed by atoms with E-state index >= 15 is 0 Å². The minimum Gasteiger partial charge on any atom is -0.367 e. The van der Waals surface area contributed by atoms with E-state index in [4.69, 9.17) is 0 Å². The third-order valence-electron chi connectivity index (χ3n) is 3.93. The Bertz CT molecular complexity index is 561. The lowest BCUT2D eigenvalue weighted by molar-refractivity contribution is 0.570. The normalized spacial score (nSPS) is 19.9. The molecule has 1 N–H and O–H groups in total. The van der Waals surface area contributed by atoms with Crippen molar-refractivity contribution in [2.75, 3.05) is 24.5 Å². The fourth-order valence-electron chi connectivity index (χ4n) is 2.95. The van der Waals surface area contributed by atoms with Crippen LogP contribution in [-0.2, 0) is 7.05 Å². The maximum atomic E-state index is 4.47. The van der Waals surface area contributed by atoms with Gasteiger partial charge in [-0.3, -0.25) is 4.68 Å². The summed E-state index contributed by atoms with van der Waals surface area (Å²) < 4.78 is 1.90. The molecule has 1 saturated heterocycles. The summed E-state index contributed by atoms with van der Waals surface area (Å²) in [5.74, 6) is 0. The van der Waals surface area contributed by atoms with Gasteiger partial charge >= 0.3 is 0 Å². The topological polar surface area (TPSA) is 33.1 Å². The second-order valence-electron chi connectivity index (χ2n) is 5.49. The lowest BCUT2D eigenvalue weighted by atomic mass is 10.1. The third kappa shape index (κ3) is 2.70. The summed E-state index contributed by atoms with van der Waals surface area (Å²) in [5, 5.41) is 8.12. The molecule has 1 aromatic heterocycles. The Hall–Kier alpha value is -1.81. The molecule has 0 saturated carbocycles. The van der Waals surface area contributed by atoms with Crippen molar-refractivity contribution in [3.05, 3.63) is 47.8 Å². The first kappa shape index (κ1) is 13.2. The zero-order valence-corrected chi connectivity index (χ0v) is 12.2. The molecule has 1 aromatic carbocycles. The van der Waals surface area contributed by atoms with Gasteiger partial charge in [0.15, 0.2) is 0 Å². The summed E-state index contributed by atoms with van der Waals surface area (Å²) in [6.07, 6.45) is 3.29. The van der Waals surface area contributed by atoms with Crippen LogP contribution in [0.3, 0.4) is 0 Å². The van der Waals surface area contributed by atoms with Crippen molar-refractivity contribution < 1.29 is 0 Å². The largest absolute Gasteiger partial charge is 0.367 e. The quantitative estimate of drug-likeness (QED) is 0.909. The molecule has 4 nitrogen and oxygen atoms in total. The molecule has 0 bridgehead atoms. The zero-order valence-electron chi connectivity index (χ0n) is 12.2. The molecule has 1 aliphatic heterocycles. The number of aromatic nitrogens is 2. The van der Waals surface area contributed by atoms with Gasteiger partial charge in [0.05, 0.1) is 11.4 Å². The molecular weight excluding hydrogens is 248 g/mol. The highest BCUT2D eigenvalue weighted by molar-refractivity contribution is 5.49. The fraction of sp³-hybridized carbons (Fsp3) is 0.438. The van der Waals surface area contributed by atoms with E-state index < -0.39 is 0 Å². The van der Waals surface area contributed by atoms with Gasteiger partial charge in [-0.25, -0.2) is 0 Å². The van der Waals surface area contributed by atoms with E-state index in [0.717, 1.165) is 31.7 Å². The molecular formula is C16H22N4. The summed E-state index contributed by atoms with van der Waals surface area (Å²) in [6, 6.07) is 11.1. The Morgan fingerprint density at radius 2 is 2.05 bits per heavy atom. The van der Waals surface area contributed by atoms with Gasteiger partial charge in [-0.2, -0.15) is 5.10 Å². The molecule has 1 fully saturated rings. The Labute approximate surface area is 120 Å². The monoisotopic (exact) mass is 270 g/mol. The van der Waals surface area contributed by atoms with E-state index in [1.54, 1.807) is 0 Å². The first-order valence-electron chi connectivity index (χ1n) is 7.27. The van der Waals surface area contributed by atoms with Crippen LogP contribution >= 0.6 is 0 Å².